The maximum atomic E-state index is 6.00. The van der Waals surface area contributed by atoms with Crippen LogP contribution in [0.3, 0.4) is 0 Å². The number of anilines is 1. The summed E-state index contributed by atoms with van der Waals surface area (Å²) in [5.41, 5.74) is 2.18. The van der Waals surface area contributed by atoms with Crippen LogP contribution in [-0.4, -0.2) is 44.5 Å². The number of hydrogen-bond donors (Lipinski definition) is 0. The fourth-order valence-corrected chi connectivity index (χ4v) is 2.67. The number of aromatic nitrogens is 1. The lowest BCUT2D eigenvalue weighted by Gasteiger charge is -2.19. The molecule has 0 aliphatic carbocycles. The second-order valence-corrected chi connectivity index (χ2v) is 5.77. The van der Waals surface area contributed by atoms with Crippen LogP contribution in [0.4, 0.5) is 5.82 Å². The number of alkyl halides is 1. The first-order chi connectivity index (χ1) is 9.58. The largest absolute Gasteiger partial charge is 0.377 e. The van der Waals surface area contributed by atoms with E-state index in [0.717, 1.165) is 30.2 Å². The quantitative estimate of drug-likeness (QED) is 0.783. The molecule has 0 aromatic carbocycles. The van der Waals surface area contributed by atoms with Gasteiger partial charge in [0.15, 0.2) is 0 Å². The molecule has 0 spiro atoms. The van der Waals surface area contributed by atoms with Crippen LogP contribution in [0, 0.1) is 0 Å². The van der Waals surface area contributed by atoms with Gasteiger partial charge in [0.25, 0.3) is 0 Å². The topological polar surface area (TPSA) is 34.6 Å². The van der Waals surface area contributed by atoms with E-state index < -0.39 is 0 Å². The molecular formula is C15H23ClN2O2. The zero-order valence-corrected chi connectivity index (χ0v) is 13.4. The van der Waals surface area contributed by atoms with Crippen LogP contribution < -0.4 is 4.90 Å². The van der Waals surface area contributed by atoms with Crippen molar-refractivity contribution in [2.24, 2.45) is 0 Å². The van der Waals surface area contributed by atoms with Crippen molar-refractivity contribution < 1.29 is 9.47 Å². The normalized spacial score (nSPS) is 22.8. The molecule has 1 aliphatic rings. The highest BCUT2D eigenvalue weighted by molar-refractivity contribution is 6.17. The molecule has 2 heterocycles. The summed E-state index contributed by atoms with van der Waals surface area (Å²) in [6.07, 6.45) is 0.174. The van der Waals surface area contributed by atoms with Crippen LogP contribution in [0.2, 0.25) is 0 Å². The van der Waals surface area contributed by atoms with E-state index in [1.807, 2.05) is 0 Å². The summed E-state index contributed by atoms with van der Waals surface area (Å²) >= 11 is 6.00. The molecule has 2 atom stereocenters. The maximum absolute atomic E-state index is 6.00. The van der Waals surface area contributed by atoms with Gasteiger partial charge in [-0.3, -0.25) is 0 Å². The van der Waals surface area contributed by atoms with Crippen LogP contribution in [-0.2, 0) is 15.4 Å². The first-order valence-corrected chi connectivity index (χ1v) is 7.49. The summed E-state index contributed by atoms with van der Waals surface area (Å²) in [4.78, 5) is 6.97. The lowest BCUT2D eigenvalue weighted by atomic mass is 10.1. The Kier molecular flexibility index (Phi) is 5.24. The highest BCUT2D eigenvalue weighted by Gasteiger charge is 2.33. The van der Waals surface area contributed by atoms with E-state index in [4.69, 9.17) is 26.1 Å². The van der Waals surface area contributed by atoms with Gasteiger partial charge >= 0.3 is 0 Å². The van der Waals surface area contributed by atoms with E-state index in [-0.39, 0.29) is 12.2 Å². The number of methoxy groups -OCH3 is 2. The molecule has 0 N–H and O–H groups in total. The third kappa shape index (κ3) is 3.25. The molecule has 1 aromatic heterocycles. The Morgan fingerprint density at radius 1 is 1.25 bits per heavy atom. The minimum atomic E-state index is 0.0870. The molecule has 2 unspecified atom stereocenters. The van der Waals surface area contributed by atoms with Gasteiger partial charge in [-0.15, -0.1) is 11.6 Å². The molecule has 0 radical (unpaired) electrons. The van der Waals surface area contributed by atoms with E-state index in [1.165, 1.54) is 0 Å². The highest BCUT2D eigenvalue weighted by atomic mass is 35.5. The van der Waals surface area contributed by atoms with Crippen molar-refractivity contribution >= 4 is 17.4 Å². The highest BCUT2D eigenvalue weighted by Crippen LogP contribution is 2.26. The number of halogens is 1. The van der Waals surface area contributed by atoms with Crippen molar-refractivity contribution in [1.82, 2.24) is 4.98 Å². The number of rotatable bonds is 5. The van der Waals surface area contributed by atoms with Crippen molar-refractivity contribution in [3.05, 3.63) is 23.4 Å². The first-order valence-electron chi connectivity index (χ1n) is 6.96. The minimum absolute atomic E-state index is 0.0870. The Balaban J connectivity index is 2.26. The molecule has 1 saturated heterocycles. The molecule has 112 valence electrons. The fraction of sp³-hybridized carbons (Fsp3) is 0.667. The Labute approximate surface area is 126 Å². The lowest BCUT2D eigenvalue weighted by molar-refractivity contribution is -0.00461. The van der Waals surface area contributed by atoms with E-state index in [0.29, 0.717) is 11.8 Å². The lowest BCUT2D eigenvalue weighted by Crippen LogP contribution is -2.27. The van der Waals surface area contributed by atoms with Gasteiger partial charge in [-0.2, -0.15) is 0 Å². The van der Waals surface area contributed by atoms with Crippen LogP contribution in [0.5, 0.6) is 0 Å². The SMILES string of the molecule is COC1CN(c2cc(CCl)cc(C(C)C)n2)CC1OC. The number of ether oxygens (including phenoxy) is 2. The second kappa shape index (κ2) is 6.74. The van der Waals surface area contributed by atoms with Gasteiger partial charge in [0, 0.05) is 38.9 Å². The first kappa shape index (κ1) is 15.5. The molecule has 2 rings (SSSR count). The third-order valence-corrected chi connectivity index (χ3v) is 4.09. The molecule has 1 aromatic rings. The molecule has 1 aliphatic heterocycles. The summed E-state index contributed by atoms with van der Waals surface area (Å²) in [5.74, 6) is 1.86. The molecule has 4 nitrogen and oxygen atoms in total. The number of hydrogen-bond acceptors (Lipinski definition) is 4. The average Bonchev–Trinajstić information content (AvgIpc) is 2.89. The molecular weight excluding hydrogens is 276 g/mol. The van der Waals surface area contributed by atoms with Gasteiger partial charge in [0.2, 0.25) is 0 Å². The molecule has 0 saturated carbocycles. The zero-order chi connectivity index (χ0) is 14.7. The van der Waals surface area contributed by atoms with Gasteiger partial charge in [-0.1, -0.05) is 13.8 Å². The third-order valence-electron chi connectivity index (χ3n) is 3.78. The molecule has 1 fully saturated rings. The number of pyridine rings is 1. The Morgan fingerprint density at radius 2 is 1.85 bits per heavy atom. The average molecular weight is 299 g/mol. The Bertz CT molecular complexity index is 441. The van der Waals surface area contributed by atoms with E-state index >= 15 is 0 Å². The van der Waals surface area contributed by atoms with Crippen molar-refractivity contribution in [3.63, 3.8) is 0 Å². The fourth-order valence-electron chi connectivity index (χ4n) is 2.51. The van der Waals surface area contributed by atoms with Crippen LogP contribution in [0.1, 0.15) is 31.0 Å². The molecule has 5 heteroatoms. The molecule has 0 bridgehead atoms. The second-order valence-electron chi connectivity index (χ2n) is 5.50. The van der Waals surface area contributed by atoms with Crippen LogP contribution in [0.15, 0.2) is 12.1 Å². The number of nitrogens with zero attached hydrogens (tertiary/aromatic N) is 2. The van der Waals surface area contributed by atoms with Crippen molar-refractivity contribution in [2.45, 2.75) is 37.9 Å². The van der Waals surface area contributed by atoms with Crippen molar-refractivity contribution in [1.29, 1.82) is 0 Å². The van der Waals surface area contributed by atoms with E-state index in [2.05, 4.69) is 30.9 Å². The van der Waals surface area contributed by atoms with Gasteiger partial charge in [0.1, 0.15) is 18.0 Å². The summed E-state index contributed by atoms with van der Waals surface area (Å²) < 4.78 is 11.0. The predicted octanol–water partition coefficient (Wildman–Crippen LogP) is 2.79. The van der Waals surface area contributed by atoms with Crippen LogP contribution in [0.25, 0.3) is 0 Å². The van der Waals surface area contributed by atoms with Gasteiger partial charge in [0.05, 0.1) is 0 Å². The predicted molar refractivity (Wildman–Crippen MR) is 81.7 cm³/mol. The summed E-state index contributed by atoms with van der Waals surface area (Å²) in [5, 5.41) is 0. The minimum Gasteiger partial charge on any atom is -0.377 e. The van der Waals surface area contributed by atoms with Crippen molar-refractivity contribution in [2.75, 3.05) is 32.2 Å². The molecule has 0 amide bonds. The van der Waals surface area contributed by atoms with Gasteiger partial charge < -0.3 is 14.4 Å². The summed E-state index contributed by atoms with van der Waals surface area (Å²) in [6, 6.07) is 4.14. The van der Waals surface area contributed by atoms with Crippen LogP contribution >= 0.6 is 11.6 Å². The Hall–Kier alpha value is -0.840. The smallest absolute Gasteiger partial charge is 0.129 e. The maximum Gasteiger partial charge on any atom is 0.129 e. The monoisotopic (exact) mass is 298 g/mol. The van der Waals surface area contributed by atoms with Gasteiger partial charge in [-0.05, 0) is 23.6 Å². The van der Waals surface area contributed by atoms with E-state index in [1.54, 1.807) is 14.2 Å². The standard InChI is InChI=1S/C15H23ClN2O2/c1-10(2)12-5-11(7-16)6-15(17-12)18-8-13(19-3)14(9-18)20-4/h5-6,10,13-14H,7-9H2,1-4H3. The van der Waals surface area contributed by atoms with E-state index in [9.17, 15) is 0 Å². The summed E-state index contributed by atoms with van der Waals surface area (Å²) in [6.45, 7) is 5.88. The summed E-state index contributed by atoms with van der Waals surface area (Å²) in [7, 11) is 3.45. The van der Waals surface area contributed by atoms with Crippen molar-refractivity contribution in [3.8, 4) is 0 Å². The molecule has 20 heavy (non-hydrogen) atoms. The van der Waals surface area contributed by atoms with Gasteiger partial charge in [-0.25, -0.2) is 4.98 Å². The zero-order valence-electron chi connectivity index (χ0n) is 12.6. The Morgan fingerprint density at radius 3 is 2.30 bits per heavy atom.